The summed E-state index contributed by atoms with van der Waals surface area (Å²) in [5.74, 6) is -3.21. The van der Waals surface area contributed by atoms with Crippen LogP contribution < -0.4 is 0 Å². The van der Waals surface area contributed by atoms with Gasteiger partial charge in [-0.1, -0.05) is 26.0 Å². The molecule has 1 aromatic carbocycles. The highest BCUT2D eigenvalue weighted by Gasteiger charge is 2.49. The minimum absolute atomic E-state index is 0.0639. The summed E-state index contributed by atoms with van der Waals surface area (Å²) in [6.07, 6.45) is 0.219. The Labute approximate surface area is 151 Å². The molecule has 0 unspecified atom stereocenters. The fourth-order valence-corrected chi connectivity index (χ4v) is 5.27. The molecule has 2 aliphatic heterocycles. The van der Waals surface area contributed by atoms with E-state index in [4.69, 9.17) is 0 Å². The summed E-state index contributed by atoms with van der Waals surface area (Å²) in [7, 11) is -3.29. The summed E-state index contributed by atoms with van der Waals surface area (Å²) in [5.41, 5.74) is 0.232. The summed E-state index contributed by atoms with van der Waals surface area (Å²) >= 11 is 0. The van der Waals surface area contributed by atoms with Crippen LogP contribution in [0.2, 0.25) is 0 Å². The molecule has 1 aromatic rings. The van der Waals surface area contributed by atoms with E-state index >= 15 is 0 Å². The van der Waals surface area contributed by atoms with Crippen molar-refractivity contribution in [3.8, 4) is 0 Å². The highest BCUT2D eigenvalue weighted by atomic mass is 32.2. The summed E-state index contributed by atoms with van der Waals surface area (Å²) in [6, 6.07) is 3.78. The maximum absolute atomic E-state index is 13.8. The molecule has 0 spiro atoms. The molecule has 140 valence electrons. The van der Waals surface area contributed by atoms with Gasteiger partial charge in [-0.05, 0) is 24.1 Å². The van der Waals surface area contributed by atoms with Crippen LogP contribution in [0.5, 0.6) is 0 Å². The van der Waals surface area contributed by atoms with Gasteiger partial charge in [0.25, 0.3) is 5.91 Å². The Kier molecular flexibility index (Phi) is 4.64. The van der Waals surface area contributed by atoms with E-state index < -0.39 is 51.1 Å². The van der Waals surface area contributed by atoms with E-state index in [-0.39, 0.29) is 23.5 Å². The second-order valence-electron chi connectivity index (χ2n) is 7.01. The Balaban J connectivity index is 2.12. The summed E-state index contributed by atoms with van der Waals surface area (Å²) in [6.45, 7) is 3.27. The summed E-state index contributed by atoms with van der Waals surface area (Å²) in [4.78, 5) is 26.6. The lowest BCUT2D eigenvalue weighted by Crippen LogP contribution is -2.41. The molecule has 2 heterocycles. The zero-order chi connectivity index (χ0) is 19.2. The minimum Gasteiger partial charge on any atom is -0.503 e. The van der Waals surface area contributed by atoms with E-state index in [1.54, 1.807) is 19.9 Å². The molecule has 0 bridgehead atoms. The van der Waals surface area contributed by atoms with Gasteiger partial charge in [-0.25, -0.2) is 12.8 Å². The fourth-order valence-electron chi connectivity index (χ4n) is 3.56. The van der Waals surface area contributed by atoms with E-state index in [0.29, 0.717) is 5.56 Å². The van der Waals surface area contributed by atoms with Gasteiger partial charge in [0.05, 0.1) is 23.1 Å². The van der Waals surface area contributed by atoms with Crippen molar-refractivity contribution in [3.05, 3.63) is 47.0 Å². The number of carbonyl (C=O) groups is 2. The molecular formula is C18H20FNO5S. The Morgan fingerprint density at radius 3 is 2.58 bits per heavy atom. The van der Waals surface area contributed by atoms with Crippen molar-refractivity contribution in [2.45, 2.75) is 32.4 Å². The lowest BCUT2D eigenvalue weighted by atomic mass is 9.91. The molecule has 1 N–H and O–H groups in total. The topological polar surface area (TPSA) is 91.8 Å². The number of Topliss-reactive ketones (excluding diaryl/α,β-unsaturated/α-hetero) is 1. The van der Waals surface area contributed by atoms with Gasteiger partial charge in [0.1, 0.15) is 5.82 Å². The van der Waals surface area contributed by atoms with Crippen LogP contribution in [0.4, 0.5) is 4.39 Å². The van der Waals surface area contributed by atoms with Gasteiger partial charge >= 0.3 is 0 Å². The molecule has 8 heteroatoms. The number of aliphatic hydroxyl groups is 1. The van der Waals surface area contributed by atoms with Crippen molar-refractivity contribution in [2.75, 3.05) is 11.5 Å². The average Bonchev–Trinajstić information content (AvgIpc) is 3.04. The predicted molar refractivity (Wildman–Crippen MR) is 92.5 cm³/mol. The summed E-state index contributed by atoms with van der Waals surface area (Å²) in [5, 5.41) is 10.4. The molecule has 0 aliphatic carbocycles. The number of rotatable bonds is 4. The Bertz CT molecular complexity index is 906. The van der Waals surface area contributed by atoms with Gasteiger partial charge in [0.15, 0.2) is 21.4 Å². The van der Waals surface area contributed by atoms with Crippen LogP contribution >= 0.6 is 0 Å². The molecule has 0 radical (unpaired) electrons. The highest BCUT2D eigenvalue weighted by Crippen LogP contribution is 2.42. The van der Waals surface area contributed by atoms with Crippen LogP contribution in [-0.2, 0) is 19.4 Å². The first-order chi connectivity index (χ1) is 12.1. The molecule has 0 aromatic heterocycles. The normalized spacial score (nSPS) is 25.4. The number of nitrogens with zero attached hydrogens (tertiary/aromatic N) is 1. The van der Waals surface area contributed by atoms with Gasteiger partial charge in [-0.2, -0.15) is 0 Å². The van der Waals surface area contributed by atoms with Crippen molar-refractivity contribution in [1.82, 2.24) is 4.90 Å². The lowest BCUT2D eigenvalue weighted by Gasteiger charge is -2.31. The van der Waals surface area contributed by atoms with Gasteiger partial charge in [0, 0.05) is 12.0 Å². The smallest absolute Gasteiger partial charge is 0.290 e. The average molecular weight is 381 g/mol. The number of benzene rings is 1. The second-order valence-corrected chi connectivity index (χ2v) is 9.24. The van der Waals surface area contributed by atoms with Crippen LogP contribution in [0.15, 0.2) is 35.6 Å². The van der Waals surface area contributed by atoms with Gasteiger partial charge < -0.3 is 10.0 Å². The Morgan fingerprint density at radius 1 is 1.35 bits per heavy atom. The summed E-state index contributed by atoms with van der Waals surface area (Å²) < 4.78 is 37.5. The first-order valence-corrected chi connectivity index (χ1v) is 10.2. The molecule has 2 aliphatic rings. The van der Waals surface area contributed by atoms with Gasteiger partial charge in [-0.3, -0.25) is 9.59 Å². The highest BCUT2D eigenvalue weighted by molar-refractivity contribution is 7.91. The monoisotopic (exact) mass is 381 g/mol. The number of carbonyl (C=O) groups excluding carboxylic acids is 2. The van der Waals surface area contributed by atoms with E-state index in [1.165, 1.54) is 23.1 Å². The molecular weight excluding hydrogens is 361 g/mol. The van der Waals surface area contributed by atoms with Crippen LogP contribution in [0, 0.1) is 11.7 Å². The minimum atomic E-state index is -3.29. The van der Waals surface area contributed by atoms with Crippen molar-refractivity contribution in [3.63, 3.8) is 0 Å². The van der Waals surface area contributed by atoms with E-state index in [2.05, 4.69) is 0 Å². The van der Waals surface area contributed by atoms with Crippen LogP contribution in [0.3, 0.4) is 0 Å². The predicted octanol–water partition coefficient (Wildman–Crippen LogP) is 1.93. The zero-order valence-electron chi connectivity index (χ0n) is 14.5. The number of hydrogen-bond acceptors (Lipinski definition) is 5. The third-order valence-corrected chi connectivity index (χ3v) is 6.55. The largest absolute Gasteiger partial charge is 0.503 e. The number of amides is 1. The van der Waals surface area contributed by atoms with Crippen LogP contribution in [0.1, 0.15) is 31.9 Å². The maximum Gasteiger partial charge on any atom is 0.290 e. The SMILES string of the molecule is CC(C)C(=O)C1=C(O)C(=O)N([C@@H]2CCS(=O)(=O)C2)[C@@H]1c1cccc(F)c1. The fraction of sp³-hybridized carbons (Fsp3) is 0.444. The van der Waals surface area contributed by atoms with Crippen molar-refractivity contribution >= 4 is 21.5 Å². The van der Waals surface area contributed by atoms with Gasteiger partial charge in [0.2, 0.25) is 0 Å². The van der Waals surface area contributed by atoms with Gasteiger partial charge in [-0.15, -0.1) is 0 Å². The number of sulfone groups is 1. The first-order valence-electron chi connectivity index (χ1n) is 8.38. The quantitative estimate of drug-likeness (QED) is 0.860. The molecule has 6 nitrogen and oxygen atoms in total. The third kappa shape index (κ3) is 3.13. The third-order valence-electron chi connectivity index (χ3n) is 4.80. The Morgan fingerprint density at radius 2 is 2.04 bits per heavy atom. The van der Waals surface area contributed by atoms with E-state index in [1.807, 2.05) is 0 Å². The van der Waals surface area contributed by atoms with Crippen LogP contribution in [0.25, 0.3) is 0 Å². The van der Waals surface area contributed by atoms with Crippen LogP contribution in [-0.4, -0.2) is 47.7 Å². The number of hydrogen-bond donors (Lipinski definition) is 1. The van der Waals surface area contributed by atoms with Crippen molar-refractivity contribution in [1.29, 1.82) is 0 Å². The standard InChI is InChI=1S/C18H20FNO5S/c1-10(2)16(21)14-15(11-4-3-5-12(19)8-11)20(18(23)17(14)22)13-6-7-26(24,25)9-13/h3-5,8,10,13,15,22H,6-7,9H2,1-2H3/t13-,15-/m1/s1. The first kappa shape index (κ1) is 18.6. The molecule has 1 saturated heterocycles. The molecule has 2 atom stereocenters. The molecule has 26 heavy (non-hydrogen) atoms. The zero-order valence-corrected chi connectivity index (χ0v) is 15.3. The van der Waals surface area contributed by atoms with E-state index in [0.717, 1.165) is 0 Å². The molecule has 1 amide bonds. The number of halogens is 1. The van der Waals surface area contributed by atoms with E-state index in [9.17, 15) is 27.5 Å². The second kappa shape index (κ2) is 6.50. The maximum atomic E-state index is 13.8. The number of aliphatic hydroxyl groups excluding tert-OH is 1. The number of ketones is 1. The molecule has 1 fully saturated rings. The van der Waals surface area contributed by atoms with Crippen molar-refractivity contribution in [2.24, 2.45) is 5.92 Å². The van der Waals surface area contributed by atoms with Crippen molar-refractivity contribution < 1.29 is 27.5 Å². The lowest BCUT2D eigenvalue weighted by molar-refractivity contribution is -0.131. The molecule has 0 saturated carbocycles. The molecule has 3 rings (SSSR count). The Hall–Kier alpha value is -2.22.